The summed E-state index contributed by atoms with van der Waals surface area (Å²) in [6.07, 6.45) is 2.72. The lowest BCUT2D eigenvalue weighted by atomic mass is 9.81. The zero-order valence-electron chi connectivity index (χ0n) is 8.33. The molecule has 0 spiro atoms. The molecule has 2 rings (SSSR count). The van der Waals surface area contributed by atoms with Crippen LogP contribution in [0.15, 0.2) is 24.3 Å². The van der Waals surface area contributed by atoms with Crippen LogP contribution < -0.4 is 22.6 Å². The number of halogens is 3. The van der Waals surface area contributed by atoms with Gasteiger partial charge in [-0.1, -0.05) is 69.4 Å². The van der Waals surface area contributed by atoms with Gasteiger partial charge in [-0.25, -0.2) is 0 Å². The first-order chi connectivity index (χ1) is 7.24. The van der Waals surface area contributed by atoms with E-state index in [-0.39, 0.29) is 0 Å². The minimum atomic E-state index is 0.733. The molecular weight excluding hydrogens is 525 g/mol. The van der Waals surface area contributed by atoms with Gasteiger partial charge in [0.1, 0.15) is 0 Å². The lowest BCUT2D eigenvalue weighted by molar-refractivity contribution is -0.366. The van der Waals surface area contributed by atoms with Gasteiger partial charge in [-0.15, -0.1) is 0 Å². The SMILES string of the molecule is IC1CCC(C(I)C[IH+])c2ccccc21. The van der Waals surface area contributed by atoms with Gasteiger partial charge in [-0.3, -0.25) is 0 Å². The molecule has 1 aliphatic carbocycles. The van der Waals surface area contributed by atoms with E-state index in [1.54, 1.807) is 11.1 Å². The second-order valence-electron chi connectivity index (χ2n) is 3.96. The van der Waals surface area contributed by atoms with Gasteiger partial charge < -0.3 is 0 Å². The zero-order valence-corrected chi connectivity index (χ0v) is 15.0. The molecule has 0 radical (unpaired) electrons. The van der Waals surface area contributed by atoms with E-state index in [0.717, 1.165) is 13.8 Å². The minimum absolute atomic E-state index is 0.733. The molecule has 0 N–H and O–H groups in total. The normalized spacial score (nSPS) is 27.1. The number of hydrogen-bond acceptors (Lipinski definition) is 0. The van der Waals surface area contributed by atoms with E-state index in [1.807, 2.05) is 0 Å². The van der Waals surface area contributed by atoms with Crippen LogP contribution in [0.4, 0.5) is 0 Å². The Morgan fingerprint density at radius 3 is 2.60 bits per heavy atom. The second-order valence-corrected chi connectivity index (χ2v) is 8.02. The molecule has 82 valence electrons. The molecule has 1 aromatic carbocycles. The van der Waals surface area contributed by atoms with Crippen molar-refractivity contribution in [3.05, 3.63) is 35.4 Å². The molecule has 0 nitrogen and oxygen atoms in total. The zero-order chi connectivity index (χ0) is 10.8. The minimum Gasteiger partial charge on any atom is -0.0774 e. The van der Waals surface area contributed by atoms with Crippen molar-refractivity contribution in [2.45, 2.75) is 26.6 Å². The summed E-state index contributed by atoms with van der Waals surface area (Å²) >= 11 is 7.45. The van der Waals surface area contributed by atoms with Gasteiger partial charge >= 0.3 is 0 Å². The Morgan fingerprint density at radius 1 is 1.27 bits per heavy atom. The molecule has 0 bridgehead atoms. The predicted molar refractivity (Wildman–Crippen MR) is 79.2 cm³/mol. The van der Waals surface area contributed by atoms with Gasteiger partial charge in [-0.2, -0.15) is 0 Å². The molecule has 3 unspecified atom stereocenters. The van der Waals surface area contributed by atoms with Crippen LogP contribution in [0.5, 0.6) is 0 Å². The Morgan fingerprint density at radius 2 is 1.93 bits per heavy atom. The second kappa shape index (κ2) is 5.84. The van der Waals surface area contributed by atoms with E-state index in [2.05, 4.69) is 92.0 Å². The highest BCUT2D eigenvalue weighted by Gasteiger charge is 2.30. The summed E-state index contributed by atoms with van der Waals surface area (Å²) in [6, 6.07) is 9.04. The van der Waals surface area contributed by atoms with Crippen LogP contribution in [0.1, 0.15) is 33.8 Å². The van der Waals surface area contributed by atoms with Crippen molar-refractivity contribution in [1.82, 2.24) is 0 Å². The van der Waals surface area contributed by atoms with Gasteiger partial charge in [0, 0.05) is 9.84 Å². The topological polar surface area (TPSA) is 0 Å². The first-order valence-corrected chi connectivity index (χ1v) is 9.33. The van der Waals surface area contributed by atoms with Crippen molar-refractivity contribution in [3.8, 4) is 0 Å². The third-order valence-corrected chi connectivity index (χ3v) is 8.54. The van der Waals surface area contributed by atoms with Crippen molar-refractivity contribution in [1.29, 1.82) is 0 Å². The molecule has 0 heterocycles. The number of fused-ring (bicyclic) bond motifs is 1. The first-order valence-electron chi connectivity index (χ1n) is 5.19. The van der Waals surface area contributed by atoms with Crippen molar-refractivity contribution in [2.24, 2.45) is 0 Å². The summed E-state index contributed by atoms with van der Waals surface area (Å²) in [4.78, 5) is 0. The lowest BCUT2D eigenvalue weighted by Gasteiger charge is -2.30. The highest BCUT2D eigenvalue weighted by molar-refractivity contribution is 14.1. The molecule has 0 fully saturated rings. The van der Waals surface area contributed by atoms with E-state index in [1.165, 1.54) is 17.3 Å². The van der Waals surface area contributed by atoms with Crippen LogP contribution in [-0.2, 0) is 0 Å². The monoisotopic (exact) mass is 539 g/mol. The Bertz CT molecular complexity index is 337. The van der Waals surface area contributed by atoms with Gasteiger partial charge in [0.05, 0.1) is 3.92 Å². The summed E-state index contributed by atoms with van der Waals surface area (Å²) in [6.45, 7) is 0. The van der Waals surface area contributed by atoms with E-state index in [9.17, 15) is 0 Å². The third kappa shape index (κ3) is 2.81. The smallest absolute Gasteiger partial charge is 0.0774 e. The van der Waals surface area contributed by atoms with E-state index in [4.69, 9.17) is 0 Å². The average molecular weight is 539 g/mol. The summed E-state index contributed by atoms with van der Waals surface area (Å²) in [5, 5.41) is 0. The molecule has 3 heteroatoms. The number of benzene rings is 1. The highest BCUT2D eigenvalue weighted by atomic mass is 127. The fourth-order valence-corrected chi connectivity index (χ4v) is 4.60. The molecule has 1 aromatic rings. The van der Waals surface area contributed by atoms with E-state index < -0.39 is 0 Å². The van der Waals surface area contributed by atoms with Gasteiger partial charge in [0.15, 0.2) is 4.43 Å². The Balaban J connectivity index is 2.36. The van der Waals surface area contributed by atoms with Crippen LogP contribution in [0.25, 0.3) is 0 Å². The van der Waals surface area contributed by atoms with Gasteiger partial charge in [0.2, 0.25) is 0 Å². The summed E-state index contributed by atoms with van der Waals surface area (Å²) in [7, 11) is 0. The summed E-state index contributed by atoms with van der Waals surface area (Å²) < 4.78 is 2.83. The van der Waals surface area contributed by atoms with Crippen LogP contribution in [0.2, 0.25) is 0 Å². The quantitative estimate of drug-likeness (QED) is 0.391. The number of alkyl halides is 3. The number of rotatable bonds is 2. The maximum absolute atomic E-state index is 2.63. The largest absolute Gasteiger partial charge is 0.253 e. The van der Waals surface area contributed by atoms with E-state index in [0.29, 0.717) is 0 Å². The predicted octanol–water partition coefficient (Wildman–Crippen LogP) is 1.13. The van der Waals surface area contributed by atoms with Crippen molar-refractivity contribution >= 4 is 45.2 Å². The number of hydrogen-bond donors (Lipinski definition) is 0. The first kappa shape index (κ1) is 12.9. The maximum atomic E-state index is 2.63. The van der Waals surface area contributed by atoms with E-state index >= 15 is 0 Å². The standard InChI is InChI=1S/C12H14I3/c13-7-12(15)10-5-6-11(14)9-4-2-1-3-8(9)10/h1-4,10-13H,5-7H2/q+1. The molecule has 1 aliphatic rings. The van der Waals surface area contributed by atoms with Gasteiger partial charge in [-0.05, 0) is 24.0 Å². The summed E-state index contributed by atoms with van der Waals surface area (Å²) in [5.41, 5.74) is 3.21. The van der Waals surface area contributed by atoms with Crippen LogP contribution in [0, 0.1) is 0 Å². The average Bonchev–Trinajstić information content (AvgIpc) is 2.29. The van der Waals surface area contributed by atoms with Crippen LogP contribution >= 0.6 is 45.2 Å². The van der Waals surface area contributed by atoms with Crippen molar-refractivity contribution in [3.63, 3.8) is 0 Å². The van der Waals surface area contributed by atoms with Crippen LogP contribution in [0.3, 0.4) is 0 Å². The maximum Gasteiger partial charge on any atom is 0.253 e. The fraction of sp³-hybridized carbons (Fsp3) is 0.500. The fourth-order valence-electron chi connectivity index (χ4n) is 2.26. The Kier molecular flexibility index (Phi) is 5.00. The highest BCUT2D eigenvalue weighted by Crippen LogP contribution is 2.44. The van der Waals surface area contributed by atoms with Crippen LogP contribution in [-0.4, -0.2) is 8.35 Å². The molecule has 15 heavy (non-hydrogen) atoms. The Labute approximate surface area is 132 Å². The third-order valence-electron chi connectivity index (χ3n) is 3.06. The molecule has 0 aliphatic heterocycles. The van der Waals surface area contributed by atoms with Crippen molar-refractivity contribution < 1.29 is 22.6 Å². The molecule has 3 atom stereocenters. The molecule has 0 saturated heterocycles. The molecule has 0 aromatic heterocycles. The van der Waals surface area contributed by atoms with Gasteiger partial charge in [0.25, 0.3) is 22.6 Å². The lowest BCUT2D eigenvalue weighted by Crippen LogP contribution is -3.36. The molecule has 0 saturated carbocycles. The summed E-state index contributed by atoms with van der Waals surface area (Å²) in [5.74, 6) is 0.792. The Hall–Kier alpha value is 1.41. The molecule has 0 amide bonds. The molecular formula is C12H14I3+. The van der Waals surface area contributed by atoms with Crippen molar-refractivity contribution in [2.75, 3.05) is 4.43 Å².